The number of amides is 2. The molecule has 5 heteroatoms. The molecular weight excluding hydrogens is 230 g/mol. The van der Waals surface area contributed by atoms with Crippen molar-refractivity contribution < 1.29 is 9.59 Å². The third-order valence-electron chi connectivity index (χ3n) is 2.34. The molecule has 0 fully saturated rings. The lowest BCUT2D eigenvalue weighted by Crippen LogP contribution is -2.24. The van der Waals surface area contributed by atoms with E-state index < -0.39 is 0 Å². The molecular formula is C13H19N3O2. The standard InChI is InChI=1S/C13H19N3O2/c1-8-4-5-11(7-12(8)15-10(3)17)16-13(18)6-9(2)14/h4-5,7,9H,6,14H2,1-3H3,(H,15,17)(H,16,18). The molecule has 0 aromatic heterocycles. The van der Waals surface area contributed by atoms with Crippen molar-refractivity contribution in [3.63, 3.8) is 0 Å². The van der Waals surface area contributed by atoms with Gasteiger partial charge in [-0.3, -0.25) is 9.59 Å². The monoisotopic (exact) mass is 249 g/mol. The van der Waals surface area contributed by atoms with E-state index in [0.29, 0.717) is 11.4 Å². The van der Waals surface area contributed by atoms with Gasteiger partial charge in [-0.25, -0.2) is 0 Å². The molecule has 0 radical (unpaired) electrons. The number of aryl methyl sites for hydroxylation is 1. The predicted molar refractivity (Wildman–Crippen MR) is 72.4 cm³/mol. The van der Waals surface area contributed by atoms with E-state index in [1.807, 2.05) is 13.0 Å². The van der Waals surface area contributed by atoms with Crippen LogP contribution in [-0.2, 0) is 9.59 Å². The Balaban J connectivity index is 2.78. The highest BCUT2D eigenvalue weighted by Crippen LogP contribution is 2.20. The first-order valence-corrected chi connectivity index (χ1v) is 5.82. The zero-order valence-corrected chi connectivity index (χ0v) is 10.9. The number of hydrogen-bond donors (Lipinski definition) is 3. The minimum atomic E-state index is -0.176. The highest BCUT2D eigenvalue weighted by atomic mass is 16.2. The molecule has 1 atom stereocenters. The third-order valence-corrected chi connectivity index (χ3v) is 2.34. The van der Waals surface area contributed by atoms with Crippen LogP contribution >= 0.6 is 0 Å². The topological polar surface area (TPSA) is 84.2 Å². The van der Waals surface area contributed by atoms with E-state index in [-0.39, 0.29) is 24.3 Å². The van der Waals surface area contributed by atoms with Crippen LogP contribution in [-0.4, -0.2) is 17.9 Å². The SMILES string of the molecule is CC(=O)Nc1cc(NC(=O)CC(C)N)ccc1C. The average Bonchev–Trinajstić information content (AvgIpc) is 2.21. The van der Waals surface area contributed by atoms with Crippen molar-refractivity contribution >= 4 is 23.2 Å². The Labute approximate surface area is 107 Å². The maximum absolute atomic E-state index is 11.6. The fourth-order valence-corrected chi connectivity index (χ4v) is 1.53. The quantitative estimate of drug-likeness (QED) is 0.758. The first-order chi connectivity index (χ1) is 8.38. The Morgan fingerprint density at radius 1 is 1.33 bits per heavy atom. The maximum Gasteiger partial charge on any atom is 0.225 e. The summed E-state index contributed by atoms with van der Waals surface area (Å²) in [4.78, 5) is 22.6. The van der Waals surface area contributed by atoms with Crippen molar-refractivity contribution in [1.29, 1.82) is 0 Å². The summed E-state index contributed by atoms with van der Waals surface area (Å²) in [5.41, 5.74) is 7.83. The summed E-state index contributed by atoms with van der Waals surface area (Å²) in [6, 6.07) is 5.19. The Bertz CT molecular complexity index is 456. The number of anilines is 2. The Hall–Kier alpha value is -1.88. The van der Waals surface area contributed by atoms with Gasteiger partial charge in [-0.05, 0) is 31.5 Å². The fraction of sp³-hybridized carbons (Fsp3) is 0.385. The highest BCUT2D eigenvalue weighted by Gasteiger charge is 2.07. The summed E-state index contributed by atoms with van der Waals surface area (Å²) in [5.74, 6) is -0.278. The summed E-state index contributed by atoms with van der Waals surface area (Å²) >= 11 is 0. The summed E-state index contributed by atoms with van der Waals surface area (Å²) in [6.07, 6.45) is 0.267. The second kappa shape index (κ2) is 6.16. The van der Waals surface area contributed by atoms with Gasteiger partial charge in [0.15, 0.2) is 0 Å². The van der Waals surface area contributed by atoms with Crippen LogP contribution in [0, 0.1) is 6.92 Å². The van der Waals surface area contributed by atoms with Crippen LogP contribution in [0.3, 0.4) is 0 Å². The van der Waals surface area contributed by atoms with Crippen LogP contribution in [0.25, 0.3) is 0 Å². The molecule has 5 nitrogen and oxygen atoms in total. The Kier molecular flexibility index (Phi) is 4.85. The van der Waals surface area contributed by atoms with Crippen LogP contribution in [0.4, 0.5) is 11.4 Å². The number of rotatable bonds is 4. The van der Waals surface area contributed by atoms with Gasteiger partial charge in [-0.2, -0.15) is 0 Å². The molecule has 0 heterocycles. The largest absolute Gasteiger partial charge is 0.327 e. The Morgan fingerprint density at radius 2 is 2.00 bits per heavy atom. The molecule has 4 N–H and O–H groups in total. The van der Waals surface area contributed by atoms with Crippen LogP contribution in [0.5, 0.6) is 0 Å². The van der Waals surface area contributed by atoms with Crippen molar-refractivity contribution in [2.24, 2.45) is 5.73 Å². The molecule has 0 spiro atoms. The van der Waals surface area contributed by atoms with Crippen molar-refractivity contribution in [3.05, 3.63) is 23.8 Å². The van der Waals surface area contributed by atoms with E-state index in [1.54, 1.807) is 19.1 Å². The Morgan fingerprint density at radius 3 is 2.56 bits per heavy atom. The predicted octanol–water partition coefficient (Wildman–Crippen LogP) is 1.63. The van der Waals surface area contributed by atoms with Gasteiger partial charge in [-0.1, -0.05) is 6.07 Å². The van der Waals surface area contributed by atoms with Crippen LogP contribution in [0.15, 0.2) is 18.2 Å². The average molecular weight is 249 g/mol. The number of benzene rings is 1. The lowest BCUT2D eigenvalue weighted by atomic mass is 10.1. The summed E-state index contributed by atoms with van der Waals surface area (Å²) < 4.78 is 0. The molecule has 0 bridgehead atoms. The minimum Gasteiger partial charge on any atom is -0.327 e. The molecule has 0 aliphatic carbocycles. The molecule has 2 amide bonds. The lowest BCUT2D eigenvalue weighted by Gasteiger charge is -2.11. The number of nitrogens with one attached hydrogen (secondary N) is 2. The molecule has 0 saturated heterocycles. The molecule has 1 rings (SSSR count). The zero-order valence-electron chi connectivity index (χ0n) is 10.9. The van der Waals surface area contributed by atoms with Gasteiger partial charge in [0.25, 0.3) is 0 Å². The minimum absolute atomic E-state index is 0.136. The first-order valence-electron chi connectivity index (χ1n) is 5.82. The van der Waals surface area contributed by atoms with Gasteiger partial charge >= 0.3 is 0 Å². The fourth-order valence-electron chi connectivity index (χ4n) is 1.53. The molecule has 0 aliphatic heterocycles. The summed E-state index contributed by atoms with van der Waals surface area (Å²) in [5, 5.41) is 5.46. The van der Waals surface area contributed by atoms with Crippen molar-refractivity contribution in [2.45, 2.75) is 33.2 Å². The molecule has 0 aliphatic rings. The smallest absolute Gasteiger partial charge is 0.225 e. The van der Waals surface area contributed by atoms with Gasteiger partial charge in [0.1, 0.15) is 0 Å². The number of carbonyl (C=O) groups excluding carboxylic acids is 2. The number of carbonyl (C=O) groups is 2. The number of nitrogens with two attached hydrogens (primary N) is 1. The molecule has 0 saturated carbocycles. The molecule has 1 unspecified atom stereocenters. The zero-order chi connectivity index (χ0) is 13.7. The second-order valence-corrected chi connectivity index (χ2v) is 4.44. The van der Waals surface area contributed by atoms with E-state index in [4.69, 9.17) is 5.73 Å². The van der Waals surface area contributed by atoms with E-state index >= 15 is 0 Å². The van der Waals surface area contributed by atoms with Crippen molar-refractivity contribution in [3.8, 4) is 0 Å². The molecule has 1 aromatic rings. The normalized spacial score (nSPS) is 11.8. The number of hydrogen-bond acceptors (Lipinski definition) is 3. The van der Waals surface area contributed by atoms with Crippen molar-refractivity contribution in [2.75, 3.05) is 10.6 Å². The van der Waals surface area contributed by atoms with Crippen LogP contribution < -0.4 is 16.4 Å². The highest BCUT2D eigenvalue weighted by molar-refractivity contribution is 5.94. The third kappa shape index (κ3) is 4.55. The van der Waals surface area contributed by atoms with E-state index in [2.05, 4.69) is 10.6 Å². The van der Waals surface area contributed by atoms with Gasteiger partial charge in [-0.15, -0.1) is 0 Å². The van der Waals surface area contributed by atoms with E-state index in [0.717, 1.165) is 5.56 Å². The van der Waals surface area contributed by atoms with E-state index in [9.17, 15) is 9.59 Å². The van der Waals surface area contributed by atoms with Crippen molar-refractivity contribution in [1.82, 2.24) is 0 Å². The van der Waals surface area contributed by atoms with Gasteiger partial charge in [0, 0.05) is 30.8 Å². The summed E-state index contributed by atoms with van der Waals surface area (Å²) in [6.45, 7) is 5.11. The summed E-state index contributed by atoms with van der Waals surface area (Å²) in [7, 11) is 0. The molecule has 1 aromatic carbocycles. The molecule has 98 valence electrons. The van der Waals surface area contributed by atoms with Gasteiger partial charge < -0.3 is 16.4 Å². The maximum atomic E-state index is 11.6. The van der Waals surface area contributed by atoms with Gasteiger partial charge in [0.2, 0.25) is 11.8 Å². The van der Waals surface area contributed by atoms with Crippen LogP contribution in [0.2, 0.25) is 0 Å². The van der Waals surface area contributed by atoms with Gasteiger partial charge in [0.05, 0.1) is 0 Å². The first kappa shape index (κ1) is 14.2. The second-order valence-electron chi connectivity index (χ2n) is 4.44. The molecule has 18 heavy (non-hydrogen) atoms. The van der Waals surface area contributed by atoms with E-state index in [1.165, 1.54) is 6.92 Å². The lowest BCUT2D eigenvalue weighted by molar-refractivity contribution is -0.116. The van der Waals surface area contributed by atoms with Crippen LogP contribution in [0.1, 0.15) is 25.8 Å².